The van der Waals surface area contributed by atoms with E-state index in [0.29, 0.717) is 0 Å². The monoisotopic (exact) mass is 688 g/mol. The van der Waals surface area contributed by atoms with Crippen LogP contribution in [0, 0.1) is 0 Å². The van der Waals surface area contributed by atoms with Gasteiger partial charge in [0.05, 0.1) is 0 Å². The molecule has 2 atom stereocenters. The van der Waals surface area contributed by atoms with Crippen LogP contribution in [-0.2, 0) is 0 Å². The molecule has 0 amide bonds. The summed E-state index contributed by atoms with van der Waals surface area (Å²) in [5.41, 5.74) is 10.3. The lowest BCUT2D eigenvalue weighted by molar-refractivity contribution is 0.269. The van der Waals surface area contributed by atoms with Crippen LogP contribution in [0.25, 0.3) is 92.9 Å². The number of furan rings is 1. The zero-order valence-corrected chi connectivity index (χ0v) is 29.3. The smallest absolute Gasteiger partial charge is 0.135 e. The second-order valence-electron chi connectivity index (χ2n) is 14.8. The summed E-state index contributed by atoms with van der Waals surface area (Å²) in [6.45, 7) is 0. The lowest BCUT2D eigenvalue weighted by atomic mass is 9.86. The molecular formula is C52H32O2. The van der Waals surface area contributed by atoms with Crippen molar-refractivity contribution in [3.05, 3.63) is 193 Å². The van der Waals surface area contributed by atoms with Gasteiger partial charge in [0, 0.05) is 22.3 Å². The standard InChI is InChI=1S/C52H32O2/c1-2-8-32-23-34(14-13-31(32)7-1)37-19-21-49-45(26-37)47-29-52-48(30-51(47)53-49)46-27-38(20-22-50(46)54-52)35-15-16-36-25-40(18-17-33(36)24-35)44-28-39-9-3-4-10-41(39)42-11-5-6-12-43(42)44/h1-30,46,50H. The second-order valence-corrected chi connectivity index (χ2v) is 14.8. The summed E-state index contributed by atoms with van der Waals surface area (Å²) in [7, 11) is 0. The van der Waals surface area contributed by atoms with E-state index in [0.717, 1.165) is 27.7 Å². The largest absolute Gasteiger partial charge is 0.485 e. The number of fused-ring (bicyclic) bond motifs is 11. The highest BCUT2D eigenvalue weighted by Gasteiger charge is 2.34. The molecule has 54 heavy (non-hydrogen) atoms. The third-order valence-electron chi connectivity index (χ3n) is 11.7. The van der Waals surface area contributed by atoms with Gasteiger partial charge in [-0.3, -0.25) is 0 Å². The molecule has 9 aromatic carbocycles. The van der Waals surface area contributed by atoms with Crippen LogP contribution in [0.15, 0.2) is 186 Å². The molecule has 2 heteroatoms. The van der Waals surface area contributed by atoms with Crippen LogP contribution in [0.3, 0.4) is 0 Å². The first-order chi connectivity index (χ1) is 26.7. The Morgan fingerprint density at radius 3 is 1.93 bits per heavy atom. The summed E-state index contributed by atoms with van der Waals surface area (Å²) in [5, 5.41) is 12.3. The van der Waals surface area contributed by atoms with E-state index in [1.54, 1.807) is 0 Å². The van der Waals surface area contributed by atoms with Gasteiger partial charge >= 0.3 is 0 Å². The van der Waals surface area contributed by atoms with Gasteiger partial charge < -0.3 is 9.15 Å². The highest BCUT2D eigenvalue weighted by Crippen LogP contribution is 2.47. The Hall–Kier alpha value is -6.90. The van der Waals surface area contributed by atoms with Crippen molar-refractivity contribution in [3.8, 4) is 28.0 Å². The van der Waals surface area contributed by atoms with E-state index < -0.39 is 0 Å². The Labute approximate surface area is 311 Å². The van der Waals surface area contributed by atoms with Crippen molar-refractivity contribution in [2.75, 3.05) is 0 Å². The van der Waals surface area contributed by atoms with Crippen molar-refractivity contribution < 1.29 is 9.15 Å². The minimum absolute atomic E-state index is 0.0329. The fourth-order valence-corrected chi connectivity index (χ4v) is 9.00. The van der Waals surface area contributed by atoms with Gasteiger partial charge in [-0.25, -0.2) is 0 Å². The van der Waals surface area contributed by atoms with E-state index in [1.807, 2.05) is 0 Å². The SMILES string of the molecule is C1=CC2Oc3cc4c(cc3C2C=C1c1ccc2cc(-c3cc5ccccc5c5ccccc35)ccc2c1)oc1ccc(-c2ccc3ccccc3c2)cc14. The first-order valence-electron chi connectivity index (χ1n) is 18.7. The molecule has 1 aliphatic heterocycles. The molecule has 0 N–H and O–H groups in total. The van der Waals surface area contributed by atoms with Gasteiger partial charge in [-0.2, -0.15) is 0 Å². The third kappa shape index (κ3) is 4.53. The molecule has 0 fully saturated rings. The molecule has 0 saturated heterocycles. The molecule has 0 radical (unpaired) electrons. The summed E-state index contributed by atoms with van der Waals surface area (Å²) in [6, 6.07) is 59.6. The maximum absolute atomic E-state index is 6.59. The Balaban J connectivity index is 0.884. The lowest BCUT2D eigenvalue weighted by Crippen LogP contribution is -2.16. The molecule has 12 rings (SSSR count). The average molecular weight is 689 g/mol. The maximum Gasteiger partial charge on any atom is 0.135 e. The van der Waals surface area contributed by atoms with Crippen LogP contribution in [0.4, 0.5) is 0 Å². The number of benzene rings is 9. The van der Waals surface area contributed by atoms with Gasteiger partial charge in [-0.1, -0.05) is 127 Å². The van der Waals surface area contributed by atoms with Gasteiger partial charge in [0.2, 0.25) is 0 Å². The predicted molar refractivity (Wildman–Crippen MR) is 225 cm³/mol. The summed E-state index contributed by atoms with van der Waals surface area (Å²) in [5.74, 6) is 1.05. The van der Waals surface area contributed by atoms with Crippen molar-refractivity contribution in [1.82, 2.24) is 0 Å². The van der Waals surface area contributed by atoms with Crippen LogP contribution in [-0.4, -0.2) is 6.10 Å². The maximum atomic E-state index is 6.59. The lowest BCUT2D eigenvalue weighted by Gasteiger charge is -2.19. The Kier molecular flexibility index (Phi) is 6.20. The number of hydrogen-bond donors (Lipinski definition) is 0. The molecule has 2 unspecified atom stereocenters. The molecule has 0 bridgehead atoms. The van der Waals surface area contributed by atoms with Crippen molar-refractivity contribution in [2.24, 2.45) is 0 Å². The molecule has 2 aliphatic rings. The van der Waals surface area contributed by atoms with Crippen LogP contribution in [0.1, 0.15) is 17.0 Å². The Bertz CT molecular complexity index is 3270. The number of ether oxygens (including phenoxy) is 1. The summed E-state index contributed by atoms with van der Waals surface area (Å²) in [4.78, 5) is 0. The Morgan fingerprint density at radius 1 is 0.407 bits per heavy atom. The Morgan fingerprint density at radius 2 is 1.04 bits per heavy atom. The highest BCUT2D eigenvalue weighted by atomic mass is 16.5. The van der Waals surface area contributed by atoms with Gasteiger partial charge in [-0.05, 0) is 131 Å². The fraction of sp³-hybridized carbons (Fsp3) is 0.0385. The minimum atomic E-state index is -0.0329. The predicted octanol–water partition coefficient (Wildman–Crippen LogP) is 14.0. The van der Waals surface area contributed by atoms with Gasteiger partial charge in [0.25, 0.3) is 0 Å². The van der Waals surface area contributed by atoms with E-state index in [4.69, 9.17) is 9.15 Å². The molecule has 2 heterocycles. The third-order valence-corrected chi connectivity index (χ3v) is 11.7. The van der Waals surface area contributed by atoms with Crippen molar-refractivity contribution >= 4 is 70.6 Å². The van der Waals surface area contributed by atoms with Crippen molar-refractivity contribution in [3.63, 3.8) is 0 Å². The zero-order chi connectivity index (χ0) is 35.3. The van der Waals surface area contributed by atoms with E-state index in [9.17, 15) is 0 Å². The van der Waals surface area contributed by atoms with Crippen molar-refractivity contribution in [2.45, 2.75) is 12.0 Å². The number of hydrogen-bond acceptors (Lipinski definition) is 2. The van der Waals surface area contributed by atoms with Crippen LogP contribution in [0.2, 0.25) is 0 Å². The highest BCUT2D eigenvalue weighted by molar-refractivity contribution is 6.14. The number of rotatable bonds is 3. The molecule has 1 aliphatic carbocycles. The van der Waals surface area contributed by atoms with Gasteiger partial charge in [0.1, 0.15) is 23.0 Å². The second kappa shape index (κ2) is 11.3. The van der Waals surface area contributed by atoms with Gasteiger partial charge in [0.15, 0.2) is 0 Å². The quantitative estimate of drug-likeness (QED) is 0.172. The minimum Gasteiger partial charge on any atom is -0.485 e. The average Bonchev–Trinajstić information content (AvgIpc) is 3.78. The first-order valence-corrected chi connectivity index (χ1v) is 18.7. The van der Waals surface area contributed by atoms with E-state index in [1.165, 1.54) is 82.0 Å². The van der Waals surface area contributed by atoms with E-state index in [2.05, 4.69) is 182 Å². The normalized spacial score (nSPS) is 16.3. The number of allylic oxidation sites excluding steroid dienone is 2. The van der Waals surface area contributed by atoms with E-state index in [-0.39, 0.29) is 12.0 Å². The molecule has 0 saturated carbocycles. The molecule has 2 nitrogen and oxygen atoms in total. The van der Waals surface area contributed by atoms with Crippen molar-refractivity contribution in [1.29, 1.82) is 0 Å². The molecular weight excluding hydrogens is 657 g/mol. The summed E-state index contributed by atoms with van der Waals surface area (Å²) < 4.78 is 13.1. The topological polar surface area (TPSA) is 22.4 Å². The van der Waals surface area contributed by atoms with Gasteiger partial charge in [-0.15, -0.1) is 0 Å². The van der Waals surface area contributed by atoms with Crippen LogP contribution in [0.5, 0.6) is 5.75 Å². The fourth-order valence-electron chi connectivity index (χ4n) is 9.00. The molecule has 252 valence electrons. The first kappa shape index (κ1) is 29.7. The summed E-state index contributed by atoms with van der Waals surface area (Å²) >= 11 is 0. The van der Waals surface area contributed by atoms with Crippen LogP contribution < -0.4 is 4.74 Å². The van der Waals surface area contributed by atoms with Crippen LogP contribution >= 0.6 is 0 Å². The summed E-state index contributed by atoms with van der Waals surface area (Å²) in [6.07, 6.45) is 6.78. The van der Waals surface area contributed by atoms with E-state index >= 15 is 0 Å². The molecule has 10 aromatic rings. The molecule has 1 aromatic heterocycles. The zero-order valence-electron chi connectivity index (χ0n) is 29.3. The molecule has 0 spiro atoms.